The van der Waals surface area contributed by atoms with Gasteiger partial charge in [-0.15, -0.1) is 6.58 Å². The van der Waals surface area contributed by atoms with Gasteiger partial charge in [-0.05, 0) is 30.5 Å². The SMILES string of the molecule is C=CCC(N)C(=O)NCCc1cccc(C(=O)O)c1. The Labute approximate surface area is 112 Å². The zero-order chi connectivity index (χ0) is 14.3. The van der Waals surface area contributed by atoms with Gasteiger partial charge in [0.1, 0.15) is 0 Å². The summed E-state index contributed by atoms with van der Waals surface area (Å²) < 4.78 is 0. The fraction of sp³-hybridized carbons (Fsp3) is 0.286. The molecule has 0 fully saturated rings. The topological polar surface area (TPSA) is 92.4 Å². The molecule has 102 valence electrons. The largest absolute Gasteiger partial charge is 0.478 e. The first-order valence-electron chi connectivity index (χ1n) is 6.01. The zero-order valence-corrected chi connectivity index (χ0v) is 10.6. The summed E-state index contributed by atoms with van der Waals surface area (Å²) in [6.07, 6.45) is 2.59. The Bertz CT molecular complexity index is 472. The second-order valence-corrected chi connectivity index (χ2v) is 4.18. The van der Waals surface area contributed by atoms with Crippen molar-refractivity contribution < 1.29 is 14.7 Å². The number of rotatable bonds is 7. The summed E-state index contributed by atoms with van der Waals surface area (Å²) in [6.45, 7) is 3.94. The summed E-state index contributed by atoms with van der Waals surface area (Å²) in [4.78, 5) is 22.3. The molecule has 0 aromatic heterocycles. The molecular weight excluding hydrogens is 244 g/mol. The van der Waals surface area contributed by atoms with Gasteiger partial charge in [0.05, 0.1) is 11.6 Å². The van der Waals surface area contributed by atoms with Crippen LogP contribution in [0.25, 0.3) is 0 Å². The van der Waals surface area contributed by atoms with Gasteiger partial charge in [0, 0.05) is 6.54 Å². The van der Waals surface area contributed by atoms with Crippen LogP contribution in [0.5, 0.6) is 0 Å². The number of hydrogen-bond donors (Lipinski definition) is 3. The highest BCUT2D eigenvalue weighted by molar-refractivity contribution is 5.87. The van der Waals surface area contributed by atoms with Crippen LogP contribution >= 0.6 is 0 Å². The smallest absolute Gasteiger partial charge is 0.335 e. The normalized spacial score (nSPS) is 11.6. The molecule has 0 saturated heterocycles. The molecular formula is C14H18N2O3. The summed E-state index contributed by atoms with van der Waals surface area (Å²) in [7, 11) is 0. The minimum atomic E-state index is -0.959. The van der Waals surface area contributed by atoms with E-state index in [9.17, 15) is 9.59 Å². The van der Waals surface area contributed by atoms with Crippen molar-refractivity contribution in [2.45, 2.75) is 18.9 Å². The third kappa shape index (κ3) is 4.93. The molecule has 0 spiro atoms. The summed E-state index contributed by atoms with van der Waals surface area (Å²) in [5, 5.41) is 11.6. The number of carboxylic acids is 1. The van der Waals surface area contributed by atoms with Gasteiger partial charge in [-0.25, -0.2) is 4.79 Å². The quantitative estimate of drug-likeness (QED) is 0.638. The molecule has 0 bridgehead atoms. The van der Waals surface area contributed by atoms with E-state index in [0.717, 1.165) is 5.56 Å². The molecule has 1 aromatic carbocycles. The third-order valence-electron chi connectivity index (χ3n) is 2.64. The zero-order valence-electron chi connectivity index (χ0n) is 10.6. The third-order valence-corrected chi connectivity index (χ3v) is 2.64. The number of carbonyl (C=O) groups is 2. The van der Waals surface area contributed by atoms with E-state index >= 15 is 0 Å². The Morgan fingerprint density at radius 3 is 2.84 bits per heavy atom. The maximum absolute atomic E-state index is 11.5. The van der Waals surface area contributed by atoms with Crippen molar-refractivity contribution in [3.63, 3.8) is 0 Å². The predicted octanol–water partition coefficient (Wildman–Crippen LogP) is 0.947. The summed E-state index contributed by atoms with van der Waals surface area (Å²) in [6, 6.07) is 6.05. The lowest BCUT2D eigenvalue weighted by molar-refractivity contribution is -0.122. The molecule has 4 N–H and O–H groups in total. The fourth-order valence-corrected chi connectivity index (χ4v) is 1.61. The van der Waals surface area contributed by atoms with Crippen LogP contribution in [0.2, 0.25) is 0 Å². The summed E-state index contributed by atoms with van der Waals surface area (Å²) in [5.41, 5.74) is 6.71. The molecule has 0 aliphatic carbocycles. The van der Waals surface area contributed by atoms with Crippen molar-refractivity contribution in [2.24, 2.45) is 5.73 Å². The lowest BCUT2D eigenvalue weighted by atomic mass is 10.1. The average Bonchev–Trinajstić information content (AvgIpc) is 2.39. The van der Waals surface area contributed by atoms with E-state index in [0.29, 0.717) is 19.4 Å². The first-order chi connectivity index (χ1) is 9.04. The van der Waals surface area contributed by atoms with Crippen LogP contribution in [0.15, 0.2) is 36.9 Å². The number of amides is 1. The fourth-order valence-electron chi connectivity index (χ4n) is 1.61. The van der Waals surface area contributed by atoms with Crippen molar-refractivity contribution in [1.29, 1.82) is 0 Å². The second-order valence-electron chi connectivity index (χ2n) is 4.18. The molecule has 5 nitrogen and oxygen atoms in total. The van der Waals surface area contributed by atoms with Gasteiger partial charge in [-0.2, -0.15) is 0 Å². The number of aromatic carboxylic acids is 1. The van der Waals surface area contributed by atoms with Gasteiger partial charge in [0.15, 0.2) is 0 Å². The van der Waals surface area contributed by atoms with Crippen molar-refractivity contribution in [3.8, 4) is 0 Å². The van der Waals surface area contributed by atoms with Gasteiger partial charge in [-0.1, -0.05) is 18.2 Å². The van der Waals surface area contributed by atoms with Crippen molar-refractivity contribution in [2.75, 3.05) is 6.54 Å². The number of carbonyl (C=O) groups excluding carboxylic acids is 1. The maximum atomic E-state index is 11.5. The van der Waals surface area contributed by atoms with Crippen LogP contribution in [-0.2, 0) is 11.2 Å². The first-order valence-corrected chi connectivity index (χ1v) is 6.01. The average molecular weight is 262 g/mol. The minimum Gasteiger partial charge on any atom is -0.478 e. The van der Waals surface area contributed by atoms with E-state index in [1.54, 1.807) is 18.2 Å². The molecule has 0 heterocycles. The molecule has 1 rings (SSSR count). The van der Waals surface area contributed by atoms with Gasteiger partial charge in [0.25, 0.3) is 0 Å². The number of benzene rings is 1. The Morgan fingerprint density at radius 2 is 2.21 bits per heavy atom. The minimum absolute atomic E-state index is 0.228. The van der Waals surface area contributed by atoms with E-state index in [2.05, 4.69) is 11.9 Å². The Morgan fingerprint density at radius 1 is 1.47 bits per heavy atom. The monoisotopic (exact) mass is 262 g/mol. The van der Waals surface area contributed by atoms with Crippen LogP contribution in [0.4, 0.5) is 0 Å². The Balaban J connectivity index is 2.45. The van der Waals surface area contributed by atoms with E-state index in [-0.39, 0.29) is 11.5 Å². The Kier molecular flexibility index (Phi) is 5.75. The molecule has 5 heteroatoms. The van der Waals surface area contributed by atoms with E-state index in [1.807, 2.05) is 6.07 Å². The van der Waals surface area contributed by atoms with Crippen molar-refractivity contribution in [3.05, 3.63) is 48.0 Å². The number of carboxylic acid groups (broad SMARTS) is 1. The van der Waals surface area contributed by atoms with Crippen LogP contribution in [-0.4, -0.2) is 29.6 Å². The number of nitrogens with one attached hydrogen (secondary N) is 1. The van der Waals surface area contributed by atoms with Gasteiger partial charge in [-0.3, -0.25) is 4.79 Å². The maximum Gasteiger partial charge on any atom is 0.335 e. The molecule has 0 aliphatic rings. The molecule has 0 radical (unpaired) electrons. The molecule has 1 aromatic rings. The molecule has 1 amide bonds. The molecule has 1 atom stereocenters. The van der Waals surface area contributed by atoms with Gasteiger partial charge in [0.2, 0.25) is 5.91 Å². The highest BCUT2D eigenvalue weighted by Gasteiger charge is 2.10. The highest BCUT2D eigenvalue weighted by Crippen LogP contribution is 2.05. The molecule has 0 aliphatic heterocycles. The first kappa shape index (κ1) is 14.9. The summed E-state index contributed by atoms with van der Waals surface area (Å²) >= 11 is 0. The second kappa shape index (κ2) is 7.33. The van der Waals surface area contributed by atoms with Gasteiger partial charge >= 0.3 is 5.97 Å². The molecule has 0 saturated carbocycles. The Hall–Kier alpha value is -2.14. The lowest BCUT2D eigenvalue weighted by Gasteiger charge is -2.10. The van der Waals surface area contributed by atoms with E-state index in [4.69, 9.17) is 10.8 Å². The highest BCUT2D eigenvalue weighted by atomic mass is 16.4. The molecule has 19 heavy (non-hydrogen) atoms. The lowest BCUT2D eigenvalue weighted by Crippen LogP contribution is -2.40. The van der Waals surface area contributed by atoms with Gasteiger partial charge < -0.3 is 16.2 Å². The standard InChI is InChI=1S/C14H18N2O3/c1-2-4-12(15)13(17)16-8-7-10-5-3-6-11(9-10)14(18)19/h2-3,5-6,9,12H,1,4,7-8,15H2,(H,16,17)(H,18,19). The van der Waals surface area contributed by atoms with E-state index in [1.165, 1.54) is 6.07 Å². The van der Waals surface area contributed by atoms with Crippen LogP contribution < -0.4 is 11.1 Å². The van der Waals surface area contributed by atoms with Crippen LogP contribution in [0.3, 0.4) is 0 Å². The number of nitrogens with two attached hydrogens (primary N) is 1. The summed E-state index contributed by atoms with van der Waals surface area (Å²) in [5.74, 6) is -1.19. The van der Waals surface area contributed by atoms with Crippen LogP contribution in [0, 0.1) is 0 Å². The predicted molar refractivity (Wildman–Crippen MR) is 72.9 cm³/mol. The van der Waals surface area contributed by atoms with Crippen LogP contribution in [0.1, 0.15) is 22.3 Å². The van der Waals surface area contributed by atoms with Crippen molar-refractivity contribution >= 4 is 11.9 Å². The van der Waals surface area contributed by atoms with E-state index < -0.39 is 12.0 Å². The van der Waals surface area contributed by atoms with Crippen molar-refractivity contribution in [1.82, 2.24) is 5.32 Å². The molecule has 1 unspecified atom stereocenters. The number of hydrogen-bond acceptors (Lipinski definition) is 3.